The average Bonchev–Trinajstić information content (AvgIpc) is 3.19. The Hall–Kier alpha value is -2.61. The maximum Gasteiger partial charge on any atom is 0.161 e. The number of fused-ring (bicyclic) bond motifs is 2. The highest BCUT2D eigenvalue weighted by Crippen LogP contribution is 2.27. The Morgan fingerprint density at radius 3 is 3.04 bits per heavy atom. The molecule has 8 heteroatoms. The van der Waals surface area contributed by atoms with Gasteiger partial charge >= 0.3 is 0 Å². The molecule has 0 aliphatic carbocycles. The van der Waals surface area contributed by atoms with E-state index in [1.165, 1.54) is 0 Å². The van der Waals surface area contributed by atoms with E-state index in [1.54, 1.807) is 18.1 Å². The van der Waals surface area contributed by atoms with Gasteiger partial charge in [-0.2, -0.15) is 5.10 Å². The van der Waals surface area contributed by atoms with E-state index in [2.05, 4.69) is 41.1 Å². The summed E-state index contributed by atoms with van der Waals surface area (Å²) >= 11 is 1.57. The first kappa shape index (κ1) is 14.0. The van der Waals surface area contributed by atoms with Crippen LogP contribution in [0.3, 0.4) is 0 Å². The fourth-order valence-electron chi connectivity index (χ4n) is 2.60. The molecule has 0 spiro atoms. The third-order valence-electron chi connectivity index (χ3n) is 3.69. The molecule has 0 aliphatic rings. The second kappa shape index (κ2) is 5.88. The second-order valence-corrected chi connectivity index (χ2v) is 5.83. The first-order chi connectivity index (χ1) is 11.4. The third kappa shape index (κ3) is 2.50. The van der Waals surface area contributed by atoms with Gasteiger partial charge in [0.2, 0.25) is 0 Å². The van der Waals surface area contributed by atoms with Crippen molar-refractivity contribution in [3.05, 3.63) is 36.9 Å². The molecule has 0 amide bonds. The van der Waals surface area contributed by atoms with Crippen molar-refractivity contribution in [2.45, 2.75) is 11.6 Å². The highest BCUT2D eigenvalue weighted by molar-refractivity contribution is 7.98. The first-order valence-corrected chi connectivity index (χ1v) is 8.46. The Kier molecular flexibility index (Phi) is 3.58. The fourth-order valence-corrected chi connectivity index (χ4v) is 3.13. The molecule has 0 unspecified atom stereocenters. The fraction of sp³-hybridized carbons (Fsp3) is 0.200. The summed E-state index contributed by atoms with van der Waals surface area (Å²) in [4.78, 5) is 13.0. The first-order valence-electron chi connectivity index (χ1n) is 7.23. The smallest absolute Gasteiger partial charge is 0.161 e. The van der Waals surface area contributed by atoms with Crippen molar-refractivity contribution >= 4 is 39.6 Å². The second-order valence-electron chi connectivity index (χ2n) is 5.03. The molecule has 4 aromatic rings. The van der Waals surface area contributed by atoms with Crippen molar-refractivity contribution in [1.29, 1.82) is 0 Å². The van der Waals surface area contributed by atoms with E-state index in [-0.39, 0.29) is 0 Å². The van der Waals surface area contributed by atoms with Gasteiger partial charge in [-0.15, -0.1) is 11.8 Å². The van der Waals surface area contributed by atoms with Crippen LogP contribution in [0.2, 0.25) is 0 Å². The van der Waals surface area contributed by atoms with Crippen LogP contribution in [0.1, 0.15) is 0 Å². The number of imidazole rings is 1. The lowest BCUT2D eigenvalue weighted by Gasteiger charge is -2.08. The Bertz CT molecular complexity index is 959. The summed E-state index contributed by atoms with van der Waals surface area (Å²) in [5, 5.41) is 12.4. The monoisotopic (exact) mass is 325 g/mol. The molecular weight excluding hydrogens is 310 g/mol. The molecule has 0 radical (unpaired) electrons. The van der Waals surface area contributed by atoms with E-state index in [1.807, 2.05) is 30.8 Å². The van der Waals surface area contributed by atoms with Crippen LogP contribution >= 0.6 is 11.8 Å². The van der Waals surface area contributed by atoms with E-state index < -0.39 is 0 Å². The minimum Gasteiger partial charge on any atom is -0.368 e. The molecule has 0 bridgehead atoms. The number of aromatic amines is 1. The number of hydrogen-bond donors (Lipinski definition) is 2. The summed E-state index contributed by atoms with van der Waals surface area (Å²) in [5.74, 6) is 0.803. The summed E-state index contributed by atoms with van der Waals surface area (Å²) < 4.78 is 2.13. The van der Waals surface area contributed by atoms with Gasteiger partial charge in [0.05, 0.1) is 22.7 Å². The van der Waals surface area contributed by atoms with Gasteiger partial charge in [0.1, 0.15) is 17.2 Å². The molecule has 23 heavy (non-hydrogen) atoms. The van der Waals surface area contributed by atoms with Crippen molar-refractivity contribution in [3.8, 4) is 0 Å². The molecular formula is C15H15N7S. The summed E-state index contributed by atoms with van der Waals surface area (Å²) in [6, 6.07) is 8.12. The van der Waals surface area contributed by atoms with Gasteiger partial charge in [0.25, 0.3) is 0 Å². The van der Waals surface area contributed by atoms with Crippen molar-refractivity contribution < 1.29 is 0 Å². The lowest BCUT2D eigenvalue weighted by molar-refractivity contribution is 0.747. The molecule has 3 aromatic heterocycles. The molecule has 0 saturated heterocycles. The largest absolute Gasteiger partial charge is 0.368 e. The van der Waals surface area contributed by atoms with Gasteiger partial charge in [0.15, 0.2) is 5.65 Å². The van der Waals surface area contributed by atoms with Gasteiger partial charge in [-0.1, -0.05) is 12.1 Å². The van der Waals surface area contributed by atoms with Crippen LogP contribution in [0.5, 0.6) is 0 Å². The Morgan fingerprint density at radius 1 is 1.22 bits per heavy atom. The predicted octanol–water partition coefficient (Wildman–Crippen LogP) is 2.54. The van der Waals surface area contributed by atoms with Gasteiger partial charge in [-0.05, 0) is 18.4 Å². The van der Waals surface area contributed by atoms with E-state index in [0.29, 0.717) is 0 Å². The zero-order valence-electron chi connectivity index (χ0n) is 12.5. The number of rotatable bonds is 5. The lowest BCUT2D eigenvalue weighted by atomic mass is 10.3. The number of thioether (sulfide) groups is 1. The van der Waals surface area contributed by atoms with Gasteiger partial charge < -0.3 is 9.88 Å². The standard InChI is InChI=1S/C15H15N7S/c1-23-15-12-13(17-8-18-14(12)20-21-15)16-6-7-22-9-19-10-4-2-3-5-11(10)22/h2-5,8-9H,6-7H2,1H3,(H2,16,17,18,20,21). The third-order valence-corrected chi connectivity index (χ3v) is 4.37. The molecule has 7 nitrogen and oxygen atoms in total. The van der Waals surface area contributed by atoms with Crippen LogP contribution in [-0.4, -0.2) is 42.5 Å². The van der Waals surface area contributed by atoms with E-state index in [9.17, 15) is 0 Å². The van der Waals surface area contributed by atoms with Crippen LogP contribution in [-0.2, 0) is 6.54 Å². The van der Waals surface area contributed by atoms with Crippen LogP contribution in [0.25, 0.3) is 22.1 Å². The van der Waals surface area contributed by atoms with E-state index >= 15 is 0 Å². The number of benzene rings is 1. The topological polar surface area (TPSA) is 84.3 Å². The Labute approximate surface area is 136 Å². The number of anilines is 1. The molecule has 3 heterocycles. The SMILES string of the molecule is CSc1n[nH]c2ncnc(NCCn3cnc4ccccc43)c12. The van der Waals surface area contributed by atoms with Crippen LogP contribution in [0.4, 0.5) is 5.82 Å². The molecule has 0 atom stereocenters. The Balaban J connectivity index is 1.54. The van der Waals surface area contributed by atoms with Gasteiger partial charge in [0, 0.05) is 13.1 Å². The molecule has 2 N–H and O–H groups in total. The van der Waals surface area contributed by atoms with E-state index in [4.69, 9.17) is 0 Å². The molecule has 116 valence electrons. The van der Waals surface area contributed by atoms with Gasteiger partial charge in [-0.25, -0.2) is 15.0 Å². The van der Waals surface area contributed by atoms with Crippen LogP contribution in [0, 0.1) is 0 Å². The zero-order valence-corrected chi connectivity index (χ0v) is 13.3. The minimum atomic E-state index is 0.742. The number of nitrogens with one attached hydrogen (secondary N) is 2. The number of para-hydroxylation sites is 2. The molecule has 1 aromatic carbocycles. The molecule has 0 aliphatic heterocycles. The van der Waals surface area contributed by atoms with Gasteiger partial charge in [-0.3, -0.25) is 5.10 Å². The maximum absolute atomic E-state index is 4.40. The minimum absolute atomic E-state index is 0.742. The molecule has 0 fully saturated rings. The maximum atomic E-state index is 4.40. The Morgan fingerprint density at radius 2 is 2.13 bits per heavy atom. The molecule has 0 saturated carbocycles. The summed E-state index contributed by atoms with van der Waals surface area (Å²) in [5.41, 5.74) is 2.90. The zero-order chi connectivity index (χ0) is 15.6. The summed E-state index contributed by atoms with van der Waals surface area (Å²) in [7, 11) is 0. The quantitative estimate of drug-likeness (QED) is 0.549. The molecule has 4 rings (SSSR count). The van der Waals surface area contributed by atoms with Crippen molar-refractivity contribution in [1.82, 2.24) is 29.7 Å². The van der Waals surface area contributed by atoms with Crippen molar-refractivity contribution in [2.24, 2.45) is 0 Å². The van der Waals surface area contributed by atoms with Crippen LogP contribution < -0.4 is 5.32 Å². The van der Waals surface area contributed by atoms with Crippen LogP contribution in [0.15, 0.2) is 41.9 Å². The van der Waals surface area contributed by atoms with E-state index in [0.717, 1.165) is 46.0 Å². The predicted molar refractivity (Wildman–Crippen MR) is 91.7 cm³/mol. The number of hydrogen-bond acceptors (Lipinski definition) is 6. The summed E-state index contributed by atoms with van der Waals surface area (Å²) in [6.45, 7) is 1.55. The van der Waals surface area contributed by atoms with Crippen molar-refractivity contribution in [2.75, 3.05) is 18.1 Å². The number of aromatic nitrogens is 6. The summed E-state index contributed by atoms with van der Waals surface area (Å²) in [6.07, 6.45) is 5.40. The normalized spacial score (nSPS) is 11.3. The highest BCUT2D eigenvalue weighted by atomic mass is 32.2. The average molecular weight is 325 g/mol. The highest BCUT2D eigenvalue weighted by Gasteiger charge is 2.11. The van der Waals surface area contributed by atoms with Crippen molar-refractivity contribution in [3.63, 3.8) is 0 Å². The lowest BCUT2D eigenvalue weighted by Crippen LogP contribution is -2.11. The number of H-pyrrole nitrogens is 1. The number of nitrogens with zero attached hydrogens (tertiary/aromatic N) is 5.